The van der Waals surface area contributed by atoms with Crippen molar-refractivity contribution in [1.29, 1.82) is 0 Å². The van der Waals surface area contributed by atoms with E-state index in [0.717, 1.165) is 13.0 Å². The molecule has 5 heteroatoms. The number of amides is 1. The van der Waals surface area contributed by atoms with Crippen LogP contribution in [0.4, 0.5) is 5.69 Å². The van der Waals surface area contributed by atoms with Crippen LogP contribution in [0.1, 0.15) is 6.42 Å². The SMILES string of the molecule is COc1ccccc1NC(=O)CNCCCN. The van der Waals surface area contributed by atoms with Crippen molar-refractivity contribution in [3.8, 4) is 5.75 Å². The Morgan fingerprint density at radius 1 is 1.41 bits per heavy atom. The van der Waals surface area contributed by atoms with Crippen molar-refractivity contribution >= 4 is 11.6 Å². The molecule has 0 unspecified atom stereocenters. The smallest absolute Gasteiger partial charge is 0.238 e. The predicted octanol–water partition coefficient (Wildman–Crippen LogP) is 0.572. The van der Waals surface area contributed by atoms with Crippen molar-refractivity contribution in [3.63, 3.8) is 0 Å². The van der Waals surface area contributed by atoms with E-state index in [2.05, 4.69) is 10.6 Å². The van der Waals surface area contributed by atoms with Crippen LogP contribution in [-0.2, 0) is 4.79 Å². The topological polar surface area (TPSA) is 76.4 Å². The van der Waals surface area contributed by atoms with Crippen LogP contribution in [0.15, 0.2) is 24.3 Å². The minimum absolute atomic E-state index is 0.0912. The summed E-state index contributed by atoms with van der Waals surface area (Å²) >= 11 is 0. The Kier molecular flexibility index (Phi) is 6.06. The van der Waals surface area contributed by atoms with Gasteiger partial charge in [-0.05, 0) is 31.6 Å². The second kappa shape index (κ2) is 7.65. The molecule has 0 saturated heterocycles. The van der Waals surface area contributed by atoms with Gasteiger partial charge in [-0.15, -0.1) is 0 Å². The molecule has 0 saturated carbocycles. The number of rotatable bonds is 7. The zero-order chi connectivity index (χ0) is 12.5. The molecule has 0 aromatic heterocycles. The molecule has 0 fully saturated rings. The van der Waals surface area contributed by atoms with Gasteiger partial charge < -0.3 is 21.1 Å². The first kappa shape index (κ1) is 13.5. The van der Waals surface area contributed by atoms with Crippen molar-refractivity contribution in [3.05, 3.63) is 24.3 Å². The summed E-state index contributed by atoms with van der Waals surface area (Å²) in [5.74, 6) is 0.564. The quantitative estimate of drug-likeness (QED) is 0.606. The highest BCUT2D eigenvalue weighted by molar-refractivity contribution is 5.93. The summed E-state index contributed by atoms with van der Waals surface area (Å²) in [6, 6.07) is 7.31. The van der Waals surface area contributed by atoms with E-state index in [0.29, 0.717) is 18.0 Å². The molecular weight excluding hydrogens is 218 g/mol. The van der Waals surface area contributed by atoms with E-state index in [1.165, 1.54) is 0 Å². The number of carbonyl (C=O) groups is 1. The molecular formula is C12H19N3O2. The fourth-order valence-electron chi connectivity index (χ4n) is 1.37. The second-order valence-electron chi connectivity index (χ2n) is 3.57. The second-order valence-corrected chi connectivity index (χ2v) is 3.57. The van der Waals surface area contributed by atoms with Gasteiger partial charge in [0.15, 0.2) is 0 Å². The van der Waals surface area contributed by atoms with E-state index >= 15 is 0 Å². The van der Waals surface area contributed by atoms with Gasteiger partial charge in [0.25, 0.3) is 0 Å². The van der Waals surface area contributed by atoms with Crippen LogP contribution in [0, 0.1) is 0 Å². The molecule has 1 aromatic carbocycles. The van der Waals surface area contributed by atoms with E-state index in [1.54, 1.807) is 19.2 Å². The third-order valence-electron chi connectivity index (χ3n) is 2.22. The molecule has 17 heavy (non-hydrogen) atoms. The first-order valence-electron chi connectivity index (χ1n) is 5.61. The maximum atomic E-state index is 11.6. The third-order valence-corrected chi connectivity index (χ3v) is 2.22. The van der Waals surface area contributed by atoms with Crippen LogP contribution in [0.5, 0.6) is 5.75 Å². The number of ether oxygens (including phenoxy) is 1. The van der Waals surface area contributed by atoms with E-state index in [-0.39, 0.29) is 12.5 Å². The van der Waals surface area contributed by atoms with E-state index < -0.39 is 0 Å². The molecule has 1 rings (SSSR count). The number of anilines is 1. The van der Waals surface area contributed by atoms with Gasteiger partial charge in [-0.25, -0.2) is 0 Å². The minimum atomic E-state index is -0.0912. The first-order valence-corrected chi connectivity index (χ1v) is 5.61. The van der Waals surface area contributed by atoms with Crippen LogP contribution in [0.3, 0.4) is 0 Å². The van der Waals surface area contributed by atoms with Crippen LogP contribution >= 0.6 is 0 Å². The van der Waals surface area contributed by atoms with Gasteiger partial charge >= 0.3 is 0 Å². The van der Waals surface area contributed by atoms with Gasteiger partial charge in [0, 0.05) is 0 Å². The van der Waals surface area contributed by atoms with Gasteiger partial charge in [0.2, 0.25) is 5.91 Å². The van der Waals surface area contributed by atoms with Gasteiger partial charge in [-0.2, -0.15) is 0 Å². The van der Waals surface area contributed by atoms with Gasteiger partial charge in [0.05, 0.1) is 19.3 Å². The molecule has 0 aliphatic carbocycles. The first-order chi connectivity index (χ1) is 8.27. The number of carbonyl (C=O) groups excluding carboxylic acids is 1. The van der Waals surface area contributed by atoms with Crippen molar-refractivity contribution in [2.24, 2.45) is 5.73 Å². The number of para-hydroxylation sites is 2. The largest absolute Gasteiger partial charge is 0.495 e. The minimum Gasteiger partial charge on any atom is -0.495 e. The highest BCUT2D eigenvalue weighted by Crippen LogP contribution is 2.22. The van der Waals surface area contributed by atoms with Gasteiger partial charge in [-0.3, -0.25) is 4.79 Å². The molecule has 0 bridgehead atoms. The molecule has 0 aliphatic heterocycles. The molecule has 0 spiro atoms. The summed E-state index contributed by atoms with van der Waals surface area (Å²) in [7, 11) is 1.57. The van der Waals surface area contributed by atoms with Crippen molar-refractivity contribution in [1.82, 2.24) is 5.32 Å². The van der Waals surface area contributed by atoms with Gasteiger partial charge in [-0.1, -0.05) is 12.1 Å². The highest BCUT2D eigenvalue weighted by Gasteiger charge is 2.05. The summed E-state index contributed by atoms with van der Waals surface area (Å²) in [4.78, 5) is 11.6. The van der Waals surface area contributed by atoms with Crippen molar-refractivity contribution in [2.75, 3.05) is 32.1 Å². The van der Waals surface area contributed by atoms with Crippen LogP contribution in [0.25, 0.3) is 0 Å². The number of hydrogen-bond donors (Lipinski definition) is 3. The monoisotopic (exact) mass is 237 g/mol. The molecule has 0 aliphatic rings. The Morgan fingerprint density at radius 3 is 2.88 bits per heavy atom. The van der Waals surface area contributed by atoms with Crippen molar-refractivity contribution < 1.29 is 9.53 Å². The molecule has 1 aromatic rings. The Labute approximate surface area is 101 Å². The third kappa shape index (κ3) is 4.84. The lowest BCUT2D eigenvalue weighted by molar-refractivity contribution is -0.115. The fourth-order valence-corrected chi connectivity index (χ4v) is 1.37. The van der Waals surface area contributed by atoms with E-state index in [4.69, 9.17) is 10.5 Å². The maximum Gasteiger partial charge on any atom is 0.238 e. The number of nitrogens with two attached hydrogens (primary N) is 1. The molecule has 94 valence electrons. The Hall–Kier alpha value is -1.59. The molecule has 1 amide bonds. The zero-order valence-electron chi connectivity index (χ0n) is 10.0. The summed E-state index contributed by atoms with van der Waals surface area (Å²) in [5, 5.41) is 5.79. The molecule has 5 nitrogen and oxygen atoms in total. The normalized spacial score (nSPS) is 10.0. The lowest BCUT2D eigenvalue weighted by Crippen LogP contribution is -2.29. The highest BCUT2D eigenvalue weighted by atomic mass is 16.5. The average Bonchev–Trinajstić information content (AvgIpc) is 2.35. The lowest BCUT2D eigenvalue weighted by Gasteiger charge is -2.10. The van der Waals surface area contributed by atoms with Gasteiger partial charge in [0.1, 0.15) is 5.75 Å². The lowest BCUT2D eigenvalue weighted by atomic mass is 10.3. The summed E-state index contributed by atoms with van der Waals surface area (Å²) in [6.07, 6.45) is 0.863. The standard InChI is InChI=1S/C12H19N3O2/c1-17-11-6-3-2-5-10(11)15-12(16)9-14-8-4-7-13/h2-3,5-6,14H,4,7-9,13H2,1H3,(H,15,16). The number of methoxy groups -OCH3 is 1. The van der Waals surface area contributed by atoms with E-state index in [1.807, 2.05) is 12.1 Å². The molecule has 0 atom stereocenters. The Balaban J connectivity index is 2.39. The molecule has 0 radical (unpaired) electrons. The molecule has 0 heterocycles. The summed E-state index contributed by atoms with van der Waals surface area (Å²) < 4.78 is 5.14. The van der Waals surface area contributed by atoms with Crippen LogP contribution in [0.2, 0.25) is 0 Å². The maximum absolute atomic E-state index is 11.6. The predicted molar refractivity (Wildman–Crippen MR) is 68.2 cm³/mol. The van der Waals surface area contributed by atoms with Crippen LogP contribution in [-0.4, -0.2) is 32.7 Å². The Morgan fingerprint density at radius 2 is 2.18 bits per heavy atom. The number of nitrogens with one attached hydrogen (secondary N) is 2. The van der Waals surface area contributed by atoms with Crippen LogP contribution < -0.4 is 21.1 Å². The van der Waals surface area contributed by atoms with E-state index in [9.17, 15) is 4.79 Å². The Bertz CT molecular complexity index is 355. The number of benzene rings is 1. The fraction of sp³-hybridized carbons (Fsp3) is 0.417. The average molecular weight is 237 g/mol. The molecule has 4 N–H and O–H groups in total. The summed E-state index contributed by atoms with van der Waals surface area (Å²) in [6.45, 7) is 1.65. The zero-order valence-corrected chi connectivity index (χ0v) is 10.0. The summed E-state index contributed by atoms with van der Waals surface area (Å²) in [5.41, 5.74) is 6.03. The number of hydrogen-bond acceptors (Lipinski definition) is 4. The van der Waals surface area contributed by atoms with Crippen molar-refractivity contribution in [2.45, 2.75) is 6.42 Å².